The number of amides is 6. The van der Waals surface area contributed by atoms with Crippen molar-refractivity contribution in [2.45, 2.75) is 373 Å². The van der Waals surface area contributed by atoms with E-state index in [1.165, 1.54) is 0 Å². The Morgan fingerprint density at radius 2 is 0.685 bits per heavy atom. The molecule has 0 aromatic carbocycles. The minimum Gasteiger partial charge on any atom is -0.394 e. The van der Waals surface area contributed by atoms with Gasteiger partial charge in [0, 0.05) is 59.0 Å². The van der Waals surface area contributed by atoms with E-state index in [1.807, 2.05) is 0 Å². The Morgan fingerprint density at radius 3 is 1.09 bits per heavy atom. The van der Waals surface area contributed by atoms with Crippen LogP contribution in [0.4, 0.5) is 0 Å². The van der Waals surface area contributed by atoms with Crippen molar-refractivity contribution in [2.75, 3.05) is 119 Å². The number of hydrogen-bond acceptors (Lipinski definition) is 57. The van der Waals surface area contributed by atoms with Crippen molar-refractivity contribution in [1.29, 1.82) is 0 Å². The molecule has 10 aliphatic rings. The van der Waals surface area contributed by atoms with E-state index in [4.69, 9.17) is 114 Å². The van der Waals surface area contributed by atoms with E-state index in [1.54, 1.807) is 13.8 Å². The molecule has 10 heterocycles. The van der Waals surface area contributed by atoms with Gasteiger partial charge in [-0.3, -0.25) is 28.8 Å². The Kier molecular flexibility index (Phi) is 48.5. The lowest BCUT2D eigenvalue weighted by Crippen LogP contribution is -2.71. The van der Waals surface area contributed by atoms with Gasteiger partial charge in [-0.2, -0.15) is 0 Å². The summed E-state index contributed by atoms with van der Waals surface area (Å²) >= 11 is 0. The number of aliphatic hydroxyl groups excluding tert-OH is 27. The van der Waals surface area contributed by atoms with Gasteiger partial charge in [0.1, 0.15) is 238 Å². The van der Waals surface area contributed by atoms with Crippen LogP contribution in [-0.4, -0.2) is 611 Å². The third-order valence-corrected chi connectivity index (χ3v) is 25.9. The molecule has 65 nitrogen and oxygen atoms in total. The molecule has 10 fully saturated rings. The molecule has 0 saturated carbocycles. The maximum atomic E-state index is 14.6. The smallest absolute Gasteiger partial charge is 0.280 e. The van der Waals surface area contributed by atoms with E-state index in [-0.39, 0.29) is 52.7 Å². The molecule has 0 bridgehead atoms. The van der Waals surface area contributed by atoms with Crippen LogP contribution < -0.4 is 31.9 Å². The Labute approximate surface area is 847 Å². The quantitative estimate of drug-likeness (QED) is 0.0116. The average molecular weight is 2180 g/mol. The second kappa shape index (κ2) is 57.9. The van der Waals surface area contributed by atoms with Crippen LogP contribution in [-0.2, 0) is 138 Å². The first kappa shape index (κ1) is 125. The van der Waals surface area contributed by atoms with Crippen LogP contribution in [0.5, 0.6) is 0 Å². The fourth-order valence-electron chi connectivity index (χ4n) is 18.4. The van der Waals surface area contributed by atoms with Gasteiger partial charge in [-0.15, -0.1) is 0 Å². The van der Waals surface area contributed by atoms with Gasteiger partial charge in [0.05, 0.1) is 124 Å². The van der Waals surface area contributed by atoms with E-state index in [2.05, 4.69) is 41.9 Å². The number of nitrogens with zero attached hydrogens (tertiary/aromatic N) is 3. The zero-order valence-electron chi connectivity index (χ0n) is 81.6. The maximum Gasteiger partial charge on any atom is 0.280 e. The lowest BCUT2D eigenvalue weighted by Gasteiger charge is -2.51. The Bertz CT molecular complexity index is 4150. The Morgan fingerprint density at radius 1 is 0.356 bits per heavy atom. The van der Waals surface area contributed by atoms with Gasteiger partial charge in [-0.1, -0.05) is 5.11 Å². The number of azide groups is 1. The summed E-state index contributed by atoms with van der Waals surface area (Å²) in [6.45, 7) is -3.87. The second-order valence-corrected chi connectivity index (χ2v) is 37.1. The first-order valence-corrected chi connectivity index (χ1v) is 48.0. The Hall–Kier alpha value is -5.87. The predicted molar refractivity (Wildman–Crippen MR) is 471 cm³/mol. The van der Waals surface area contributed by atoms with Gasteiger partial charge >= 0.3 is 0 Å². The number of carbonyl (C=O) groups is 6. The van der Waals surface area contributed by atoms with Gasteiger partial charge in [0.25, 0.3) is 11.7 Å². The topological polar surface area (TPSA) is 982 Å². The number of rotatable bonds is 50. The molecule has 10 saturated heterocycles. The number of hydrogen-bond donors (Lipinski definition) is 33. The van der Waals surface area contributed by atoms with E-state index >= 15 is 0 Å². The van der Waals surface area contributed by atoms with Crippen LogP contribution in [0.3, 0.4) is 0 Å². The van der Waals surface area contributed by atoms with E-state index < -0.39 is 426 Å². The van der Waals surface area contributed by atoms with Crippen molar-refractivity contribution >= 4 is 35.4 Å². The predicted octanol–water partition coefficient (Wildman–Crippen LogP) is -21.1. The number of carbonyl (C=O) groups excluding carboxylic acids is 6. The molecule has 33 N–H and O–H groups in total. The molecule has 0 aliphatic carbocycles. The molecule has 51 atom stereocenters. The maximum absolute atomic E-state index is 14.6. The summed E-state index contributed by atoms with van der Waals surface area (Å²) in [6, 6.07) is -9.20. The third-order valence-electron chi connectivity index (χ3n) is 25.9. The van der Waals surface area contributed by atoms with Crippen molar-refractivity contribution in [1.82, 2.24) is 31.9 Å². The Balaban J connectivity index is 0.949. The standard InChI is InChI=1S/C84H143N9O56/c1-27(2)132-74-45(89-29(4)103)55(115)66(38(21-98)136-74)142-75-46(90-30(5)104)56(116)69(41(24-101)137-75)145-80-65(125)71(54(114)42(140-80)25-130-81-72(61(121)51(111)36(19-96)134-81)147-76-47(91-31(6)105)57(117)67(39(22-99)138-76)143-78-63(123)59(119)50(110)35(18-95)133-78)146-82-73(62(122)52(112)37(20-97)135-82)148-77-48(92-32(7)106)58(118)68(40(23-100)139-77)144-79-64(124)60(120)53(113)43(141-79)26-131-84(16-33(107)44(88-28(3)102)70(149-84)49(109)34(108)17-94)83(126)86-8-10-127-12-14-129-15-13-128-11-9-87-93-85/h27,33-82,94-101,107-125H,8-26H2,1-7H3,(H,86,126)(H,88,102)(H,89,103)(H,90,104)(H,91,105)(H,92,106)/t33-,34+,35+,36+,37+,38+,39+,40+,41+,42+,43+,44+,45+,46+,47+,48+,49+,50-,51+,52+,53-,54+,55+,56+,57+,58+,59-,60-,61-,62-,63+,64+,65-,66+,67+,68+,69+,70+,71-,72-,73-,74+,75-,76-,77-,78-,79-,80-,81-,82+,84+/m0/s1. The molecule has 0 aromatic heterocycles. The molecule has 149 heavy (non-hydrogen) atoms. The summed E-state index contributed by atoms with van der Waals surface area (Å²) in [6.07, 6.45) is -99.0. The van der Waals surface area contributed by atoms with Gasteiger partial charge in [-0.05, 0) is 19.4 Å². The van der Waals surface area contributed by atoms with Crippen LogP contribution >= 0.6 is 0 Å². The van der Waals surface area contributed by atoms with Crippen LogP contribution in [0.25, 0.3) is 10.4 Å². The first-order chi connectivity index (χ1) is 70.7. The molecule has 0 aromatic rings. The van der Waals surface area contributed by atoms with E-state index in [0.29, 0.717) is 0 Å². The second-order valence-electron chi connectivity index (χ2n) is 37.1. The summed E-state index contributed by atoms with van der Waals surface area (Å²) in [7, 11) is 0. The summed E-state index contributed by atoms with van der Waals surface area (Å²) in [5.74, 6) is -8.72. The van der Waals surface area contributed by atoms with Crippen molar-refractivity contribution in [2.24, 2.45) is 5.11 Å². The fourth-order valence-corrected chi connectivity index (χ4v) is 18.4. The largest absolute Gasteiger partial charge is 0.394 e. The summed E-state index contributed by atoms with van der Waals surface area (Å²) in [5.41, 5.74) is 8.44. The van der Waals surface area contributed by atoms with Crippen LogP contribution in [0.2, 0.25) is 0 Å². The fraction of sp³-hybridized carbons (Fsp3) is 0.929. The zero-order valence-corrected chi connectivity index (χ0v) is 81.6. The highest BCUT2D eigenvalue weighted by atomic mass is 16.8. The number of ether oxygens (including phenoxy) is 23. The highest BCUT2D eigenvalue weighted by Crippen LogP contribution is 2.43. The summed E-state index contributed by atoms with van der Waals surface area (Å²) in [4.78, 5) is 82.1. The van der Waals surface area contributed by atoms with Crippen molar-refractivity contribution in [3.8, 4) is 0 Å². The van der Waals surface area contributed by atoms with Crippen LogP contribution in [0.15, 0.2) is 5.11 Å². The molecule has 6 amide bonds. The number of nitrogens with one attached hydrogen (secondary N) is 6. The lowest BCUT2D eigenvalue weighted by molar-refractivity contribution is -0.399. The van der Waals surface area contributed by atoms with Crippen molar-refractivity contribution < 1.29 is 276 Å². The summed E-state index contributed by atoms with van der Waals surface area (Å²) in [5, 5.41) is 326. The molecule has 65 heteroatoms. The minimum atomic E-state index is -2.90. The van der Waals surface area contributed by atoms with Crippen molar-refractivity contribution in [3.63, 3.8) is 0 Å². The van der Waals surface area contributed by atoms with Crippen molar-refractivity contribution in [3.05, 3.63) is 10.4 Å². The number of aliphatic hydroxyl groups is 27. The monoisotopic (exact) mass is 2170 g/mol. The van der Waals surface area contributed by atoms with Crippen LogP contribution in [0.1, 0.15) is 54.9 Å². The third kappa shape index (κ3) is 31.0. The van der Waals surface area contributed by atoms with Gasteiger partial charge in [0.15, 0.2) is 56.6 Å². The molecule has 860 valence electrons. The van der Waals surface area contributed by atoms with Gasteiger partial charge < -0.3 is 279 Å². The lowest BCUT2D eigenvalue weighted by atomic mass is 9.88. The summed E-state index contributed by atoms with van der Waals surface area (Å²) < 4.78 is 138. The van der Waals surface area contributed by atoms with E-state index in [0.717, 1.165) is 34.6 Å². The first-order valence-electron chi connectivity index (χ1n) is 48.0. The minimum absolute atomic E-state index is 0.0173. The molecule has 10 rings (SSSR count). The van der Waals surface area contributed by atoms with Gasteiger partial charge in [0.2, 0.25) is 29.5 Å². The van der Waals surface area contributed by atoms with Crippen LogP contribution in [0, 0.1) is 0 Å². The van der Waals surface area contributed by atoms with E-state index in [9.17, 15) is 167 Å². The van der Waals surface area contributed by atoms with Gasteiger partial charge in [-0.25, -0.2) is 0 Å². The average Bonchev–Trinajstić information content (AvgIpc) is 0.758. The zero-order chi connectivity index (χ0) is 110. The molecule has 0 unspecified atom stereocenters. The molecular weight excluding hydrogens is 2030 g/mol. The molecule has 10 aliphatic heterocycles. The molecule has 0 spiro atoms. The SMILES string of the molecule is CC(=O)N[C@H]1[C@H](O[C@H]2[C@H](O)[C@@H](NC(C)=O)[C@H](OC(C)C)O[C@@H]2CO)O[C@H](CO)[C@@H](O[C@@H]2O[C@H](CO[C@H]3O[C@H](CO)[C@@H](O)[C@H](O)[C@@H]3O[C@@H]3O[C@H](CO)[C@@H](O[C@@H]4O[C@H](CO)[C@H](O)[C@H](O)[C@H]4O)[C@H](O)[C@H]3NC(C)=O)[C@@H](O)[C@H](O[C@H]3O[C@H](CO)[C@@H](O)[C@H](O)[C@@H]3O[C@@H]3O[C@H](CO)[C@@H](O[C@@H]4O[C@H](CO[C@]5(C(=O)NCCOCCOCCOCCN=[N+]=[N-])C[C@H](O)[C@@H](NC(C)=O)[C@H]([C@H](O)[C@H](O)CO)O5)[C@H](O)[C@H](O)[C@H]4O)[C@H](O)[C@H]3NC(C)=O)[C@@H]2O)[C@@H]1O. The molecule has 0 radical (unpaired) electrons. The molecular formula is C84H143N9O56. The highest BCUT2D eigenvalue weighted by molar-refractivity contribution is 5.84. The highest BCUT2D eigenvalue weighted by Gasteiger charge is 2.64. The normalized spacial score (nSPS) is 43.2.